The van der Waals surface area contributed by atoms with Crippen LogP contribution in [0.3, 0.4) is 0 Å². The molecule has 2 aromatic carbocycles. The van der Waals surface area contributed by atoms with Crippen molar-refractivity contribution in [3.8, 4) is 0 Å². The van der Waals surface area contributed by atoms with E-state index in [-0.39, 0.29) is 17.9 Å². The third-order valence-corrected chi connectivity index (χ3v) is 2.70. The highest BCUT2D eigenvalue weighted by molar-refractivity contribution is 6.04. The van der Waals surface area contributed by atoms with Gasteiger partial charge in [0.25, 0.3) is 5.91 Å². The van der Waals surface area contributed by atoms with Crippen LogP contribution < -0.4 is 11.1 Å². The van der Waals surface area contributed by atoms with Crippen molar-refractivity contribution in [1.29, 1.82) is 0 Å². The summed E-state index contributed by atoms with van der Waals surface area (Å²) in [6.07, 6.45) is 0. The minimum absolute atomic E-state index is 0.00712. The highest BCUT2D eigenvalue weighted by atomic mass is 19.1. The van der Waals surface area contributed by atoms with Crippen LogP contribution in [0.25, 0.3) is 0 Å². The molecule has 0 aliphatic rings. The second-order valence-corrected chi connectivity index (χ2v) is 4.01. The number of anilines is 2. The van der Waals surface area contributed by atoms with Gasteiger partial charge in [0.2, 0.25) is 0 Å². The molecule has 98 valence electrons. The maximum absolute atomic E-state index is 13.3. The first-order valence-corrected chi connectivity index (χ1v) is 5.67. The van der Waals surface area contributed by atoms with E-state index in [4.69, 9.17) is 10.8 Å². The summed E-state index contributed by atoms with van der Waals surface area (Å²) in [6, 6.07) is 10.7. The van der Waals surface area contributed by atoms with Crippen LogP contribution in [0.4, 0.5) is 15.8 Å². The maximum Gasteiger partial charge on any atom is 0.255 e. The van der Waals surface area contributed by atoms with E-state index in [2.05, 4.69) is 5.32 Å². The average molecular weight is 260 g/mol. The monoisotopic (exact) mass is 260 g/mol. The molecule has 0 saturated carbocycles. The molecule has 1 amide bonds. The Morgan fingerprint density at radius 1 is 1.26 bits per heavy atom. The molecule has 0 bridgehead atoms. The van der Waals surface area contributed by atoms with Crippen LogP contribution in [0.1, 0.15) is 15.9 Å². The Bertz CT molecular complexity index is 614. The first-order valence-electron chi connectivity index (χ1n) is 5.67. The molecular weight excluding hydrogens is 247 g/mol. The molecule has 0 atom stereocenters. The molecule has 4 N–H and O–H groups in total. The van der Waals surface area contributed by atoms with Crippen LogP contribution in [0.2, 0.25) is 0 Å². The van der Waals surface area contributed by atoms with Gasteiger partial charge in [0.05, 0.1) is 12.3 Å². The lowest BCUT2D eigenvalue weighted by molar-refractivity contribution is 0.102. The van der Waals surface area contributed by atoms with Gasteiger partial charge in [-0.2, -0.15) is 0 Å². The van der Waals surface area contributed by atoms with Crippen LogP contribution in [-0.4, -0.2) is 11.0 Å². The number of amides is 1. The maximum atomic E-state index is 13.3. The molecule has 0 saturated heterocycles. The molecule has 0 aliphatic carbocycles. The van der Waals surface area contributed by atoms with Crippen LogP contribution in [0, 0.1) is 5.82 Å². The molecule has 0 heterocycles. The summed E-state index contributed by atoms with van der Waals surface area (Å²) in [5.74, 6) is -1.09. The molecule has 0 fully saturated rings. The molecule has 0 unspecified atom stereocenters. The van der Waals surface area contributed by atoms with Gasteiger partial charge in [0.1, 0.15) is 5.82 Å². The van der Waals surface area contributed by atoms with Gasteiger partial charge in [-0.3, -0.25) is 4.79 Å². The van der Waals surface area contributed by atoms with E-state index in [9.17, 15) is 9.18 Å². The van der Waals surface area contributed by atoms with E-state index in [1.54, 1.807) is 24.3 Å². The first-order chi connectivity index (χ1) is 9.11. The van der Waals surface area contributed by atoms with Crippen molar-refractivity contribution < 1.29 is 14.3 Å². The second kappa shape index (κ2) is 5.49. The normalized spacial score (nSPS) is 10.2. The number of para-hydroxylation sites is 1. The Balaban J connectivity index is 2.23. The first kappa shape index (κ1) is 13.0. The second-order valence-electron chi connectivity index (χ2n) is 4.01. The van der Waals surface area contributed by atoms with Gasteiger partial charge >= 0.3 is 0 Å². The Labute approximate surface area is 109 Å². The topological polar surface area (TPSA) is 75.4 Å². The quantitative estimate of drug-likeness (QED) is 0.740. The summed E-state index contributed by atoms with van der Waals surface area (Å²) < 4.78 is 13.3. The number of halogens is 1. The molecule has 19 heavy (non-hydrogen) atoms. The van der Waals surface area contributed by atoms with E-state index in [1.807, 2.05) is 0 Å². The van der Waals surface area contributed by atoms with Gasteiger partial charge in [-0.25, -0.2) is 4.39 Å². The number of carbonyl (C=O) groups excluding carboxylic acids is 1. The Hall–Kier alpha value is -2.40. The summed E-state index contributed by atoms with van der Waals surface area (Å²) in [5.41, 5.74) is 6.59. The van der Waals surface area contributed by atoms with E-state index >= 15 is 0 Å². The number of nitrogens with one attached hydrogen (secondary N) is 1. The van der Waals surface area contributed by atoms with Crippen molar-refractivity contribution in [2.75, 3.05) is 11.1 Å². The third-order valence-electron chi connectivity index (χ3n) is 2.70. The molecule has 0 aromatic heterocycles. The Kier molecular flexibility index (Phi) is 3.77. The van der Waals surface area contributed by atoms with E-state index in [0.717, 1.165) is 6.07 Å². The van der Waals surface area contributed by atoms with Crippen LogP contribution in [0.15, 0.2) is 42.5 Å². The molecule has 2 rings (SSSR count). The lowest BCUT2D eigenvalue weighted by Crippen LogP contribution is -2.13. The Morgan fingerprint density at radius 2 is 2.00 bits per heavy atom. The SMILES string of the molecule is Nc1ccc(C(=O)Nc2ccccc2CO)cc1F. The van der Waals surface area contributed by atoms with Crippen molar-refractivity contribution in [2.45, 2.75) is 6.61 Å². The number of benzene rings is 2. The zero-order valence-electron chi connectivity index (χ0n) is 10.1. The van der Waals surface area contributed by atoms with E-state index in [1.165, 1.54) is 12.1 Å². The fourth-order valence-corrected chi connectivity index (χ4v) is 1.64. The zero-order chi connectivity index (χ0) is 13.8. The number of nitrogen functional groups attached to an aromatic ring is 1. The van der Waals surface area contributed by atoms with Crippen LogP contribution >= 0.6 is 0 Å². The smallest absolute Gasteiger partial charge is 0.255 e. The van der Waals surface area contributed by atoms with Crippen molar-refractivity contribution >= 4 is 17.3 Å². The predicted molar refractivity (Wildman–Crippen MR) is 71.1 cm³/mol. The standard InChI is InChI=1S/C14H13FN2O2/c15-11-7-9(5-6-12(11)16)14(19)17-13-4-2-1-3-10(13)8-18/h1-7,18H,8,16H2,(H,17,19). The molecule has 2 aromatic rings. The van der Waals surface area contributed by atoms with E-state index < -0.39 is 11.7 Å². The van der Waals surface area contributed by atoms with Gasteiger partial charge < -0.3 is 16.2 Å². The lowest BCUT2D eigenvalue weighted by Gasteiger charge is -2.09. The highest BCUT2D eigenvalue weighted by Crippen LogP contribution is 2.17. The molecule has 5 heteroatoms. The number of aliphatic hydroxyl groups excluding tert-OH is 1. The lowest BCUT2D eigenvalue weighted by atomic mass is 10.1. The van der Waals surface area contributed by atoms with E-state index in [0.29, 0.717) is 11.3 Å². The third kappa shape index (κ3) is 2.89. The number of aliphatic hydroxyl groups is 1. The van der Waals surface area contributed by atoms with Crippen molar-refractivity contribution in [3.05, 3.63) is 59.4 Å². The summed E-state index contributed by atoms with van der Waals surface area (Å²) in [7, 11) is 0. The number of carbonyl (C=O) groups is 1. The number of nitrogens with two attached hydrogens (primary N) is 1. The van der Waals surface area contributed by atoms with Crippen molar-refractivity contribution in [1.82, 2.24) is 0 Å². The average Bonchev–Trinajstić information content (AvgIpc) is 2.42. The highest BCUT2D eigenvalue weighted by Gasteiger charge is 2.10. The predicted octanol–water partition coefficient (Wildman–Crippen LogP) is 2.15. The summed E-state index contributed by atoms with van der Waals surface area (Å²) in [6.45, 7) is -0.188. The van der Waals surface area contributed by atoms with Crippen LogP contribution in [0.5, 0.6) is 0 Å². The number of hydrogen-bond donors (Lipinski definition) is 3. The summed E-state index contributed by atoms with van der Waals surface area (Å²) in [4.78, 5) is 11.9. The van der Waals surface area contributed by atoms with Gasteiger partial charge in [-0.1, -0.05) is 18.2 Å². The zero-order valence-corrected chi connectivity index (χ0v) is 10.1. The molecule has 0 aliphatic heterocycles. The number of rotatable bonds is 3. The summed E-state index contributed by atoms with van der Waals surface area (Å²) in [5, 5.41) is 11.8. The van der Waals surface area contributed by atoms with Gasteiger partial charge in [-0.15, -0.1) is 0 Å². The fraction of sp³-hybridized carbons (Fsp3) is 0.0714. The van der Waals surface area contributed by atoms with Crippen molar-refractivity contribution in [2.24, 2.45) is 0 Å². The van der Waals surface area contributed by atoms with Gasteiger partial charge in [0, 0.05) is 16.8 Å². The number of hydrogen-bond acceptors (Lipinski definition) is 3. The fourth-order valence-electron chi connectivity index (χ4n) is 1.64. The molecular formula is C14H13FN2O2. The van der Waals surface area contributed by atoms with Crippen LogP contribution in [-0.2, 0) is 6.61 Å². The summed E-state index contributed by atoms with van der Waals surface area (Å²) >= 11 is 0. The molecule has 0 spiro atoms. The van der Waals surface area contributed by atoms with Crippen molar-refractivity contribution in [3.63, 3.8) is 0 Å². The Morgan fingerprint density at radius 3 is 2.68 bits per heavy atom. The minimum Gasteiger partial charge on any atom is -0.396 e. The molecule has 0 radical (unpaired) electrons. The largest absolute Gasteiger partial charge is 0.396 e. The molecule has 4 nitrogen and oxygen atoms in total. The minimum atomic E-state index is -0.636. The van der Waals surface area contributed by atoms with Gasteiger partial charge in [0.15, 0.2) is 0 Å². The van der Waals surface area contributed by atoms with Gasteiger partial charge in [-0.05, 0) is 24.3 Å².